The molecule has 2 aromatic rings. The monoisotopic (exact) mass is 308 g/mol. The van der Waals surface area contributed by atoms with Gasteiger partial charge in [0.1, 0.15) is 5.00 Å². The highest BCUT2D eigenvalue weighted by Crippen LogP contribution is 2.33. The summed E-state index contributed by atoms with van der Waals surface area (Å²) in [6, 6.07) is 0. The minimum absolute atomic E-state index is 0.133. The number of hydrogen-bond acceptors (Lipinski definition) is 6. The molecule has 0 spiro atoms. The van der Waals surface area contributed by atoms with Crippen LogP contribution in [0.2, 0.25) is 0 Å². The van der Waals surface area contributed by atoms with Crippen molar-refractivity contribution in [2.24, 2.45) is 0 Å². The van der Waals surface area contributed by atoms with Crippen molar-refractivity contribution in [2.45, 2.75) is 27.7 Å². The molecule has 0 aliphatic heterocycles. The molecule has 2 aromatic heterocycles. The molecule has 7 heteroatoms. The third-order valence-corrected chi connectivity index (χ3v) is 4.17. The Morgan fingerprint density at radius 2 is 2.10 bits per heavy atom. The number of nitrogens with zero attached hydrogens (tertiary/aromatic N) is 1. The largest absolute Gasteiger partial charge is 0.462 e. The predicted molar refractivity (Wildman–Crippen MR) is 78.9 cm³/mol. The number of ether oxygens (including phenoxy) is 1. The summed E-state index contributed by atoms with van der Waals surface area (Å²) in [6.45, 7) is 7.41. The second-order valence-electron chi connectivity index (χ2n) is 4.43. The van der Waals surface area contributed by atoms with Crippen molar-refractivity contribution in [1.82, 2.24) is 4.98 Å². The average molecular weight is 308 g/mol. The summed E-state index contributed by atoms with van der Waals surface area (Å²) in [4.78, 5) is 29.0. The lowest BCUT2D eigenvalue weighted by Gasteiger charge is -2.06. The summed E-state index contributed by atoms with van der Waals surface area (Å²) in [5, 5.41) is 3.16. The zero-order valence-electron chi connectivity index (χ0n) is 12.3. The Morgan fingerprint density at radius 3 is 2.67 bits per heavy atom. The summed E-state index contributed by atoms with van der Waals surface area (Å²) >= 11 is 1.33. The van der Waals surface area contributed by atoms with E-state index in [-0.39, 0.29) is 12.4 Å². The topological polar surface area (TPSA) is 81.4 Å². The van der Waals surface area contributed by atoms with Gasteiger partial charge in [0, 0.05) is 4.88 Å². The quantitative estimate of drug-likeness (QED) is 0.878. The second-order valence-corrected chi connectivity index (χ2v) is 5.65. The van der Waals surface area contributed by atoms with Gasteiger partial charge in [-0.3, -0.25) is 4.79 Å². The van der Waals surface area contributed by atoms with Gasteiger partial charge in [0.15, 0.2) is 6.39 Å². The van der Waals surface area contributed by atoms with E-state index in [9.17, 15) is 9.59 Å². The van der Waals surface area contributed by atoms with E-state index in [0.29, 0.717) is 16.3 Å². The Morgan fingerprint density at radius 1 is 1.38 bits per heavy atom. The summed E-state index contributed by atoms with van der Waals surface area (Å²) < 4.78 is 10.1. The van der Waals surface area contributed by atoms with Gasteiger partial charge < -0.3 is 14.5 Å². The molecule has 0 aromatic carbocycles. The molecule has 2 rings (SSSR count). The first-order chi connectivity index (χ1) is 9.95. The lowest BCUT2D eigenvalue weighted by Crippen LogP contribution is -2.15. The van der Waals surface area contributed by atoms with E-state index in [1.165, 1.54) is 17.7 Å². The normalized spacial score (nSPS) is 10.5. The molecular weight excluding hydrogens is 292 g/mol. The van der Waals surface area contributed by atoms with E-state index in [4.69, 9.17) is 9.15 Å². The van der Waals surface area contributed by atoms with E-state index in [1.807, 2.05) is 13.8 Å². The molecule has 0 bridgehead atoms. The van der Waals surface area contributed by atoms with E-state index in [1.54, 1.807) is 13.8 Å². The number of hydrogen-bond donors (Lipinski definition) is 1. The third kappa shape index (κ3) is 2.97. The van der Waals surface area contributed by atoms with Crippen LogP contribution < -0.4 is 5.32 Å². The fourth-order valence-electron chi connectivity index (χ4n) is 1.84. The highest BCUT2D eigenvalue weighted by Gasteiger charge is 2.24. The van der Waals surface area contributed by atoms with Crippen LogP contribution in [0, 0.1) is 20.8 Å². The number of oxazole rings is 1. The van der Waals surface area contributed by atoms with Crippen LogP contribution in [0.3, 0.4) is 0 Å². The molecule has 0 radical (unpaired) electrons. The number of amides is 1. The number of thiophene rings is 1. The molecule has 2 heterocycles. The maximum Gasteiger partial charge on any atom is 0.341 e. The van der Waals surface area contributed by atoms with Crippen LogP contribution >= 0.6 is 11.3 Å². The zero-order chi connectivity index (χ0) is 15.6. The summed E-state index contributed by atoms with van der Waals surface area (Å²) in [5.41, 5.74) is 1.70. The van der Waals surface area contributed by atoms with Gasteiger partial charge in [0.25, 0.3) is 5.91 Å². The molecule has 0 aliphatic rings. The van der Waals surface area contributed by atoms with E-state index in [0.717, 1.165) is 10.4 Å². The highest BCUT2D eigenvalue weighted by molar-refractivity contribution is 7.16. The standard InChI is InChI=1S/C14H16N2O4S/c1-5-19-14(18)10-7(2)9(4)21-13(10)16-12(17)11-8(3)15-6-20-11/h6H,5H2,1-4H3,(H,16,17). The van der Waals surface area contributed by atoms with Gasteiger partial charge >= 0.3 is 5.97 Å². The molecule has 1 N–H and O–H groups in total. The smallest absolute Gasteiger partial charge is 0.341 e. The molecule has 0 fully saturated rings. The van der Waals surface area contributed by atoms with E-state index < -0.39 is 11.9 Å². The molecule has 0 atom stereocenters. The molecule has 1 amide bonds. The summed E-state index contributed by atoms with van der Waals surface area (Å²) in [7, 11) is 0. The highest BCUT2D eigenvalue weighted by atomic mass is 32.1. The summed E-state index contributed by atoms with van der Waals surface area (Å²) in [5.74, 6) is -0.741. The Hall–Kier alpha value is -2.15. The van der Waals surface area contributed by atoms with Crippen LogP contribution in [0.25, 0.3) is 0 Å². The van der Waals surface area contributed by atoms with Crippen molar-refractivity contribution in [3.63, 3.8) is 0 Å². The molecule has 6 nitrogen and oxygen atoms in total. The minimum Gasteiger partial charge on any atom is -0.462 e. The molecule has 112 valence electrons. The fourth-order valence-corrected chi connectivity index (χ4v) is 2.89. The molecule has 0 saturated carbocycles. The fraction of sp³-hybridized carbons (Fsp3) is 0.357. The molecular formula is C14H16N2O4S. The van der Waals surface area contributed by atoms with Crippen molar-refractivity contribution >= 4 is 28.2 Å². The molecule has 0 unspecified atom stereocenters. The Kier molecular flexibility index (Phi) is 4.42. The van der Waals surface area contributed by atoms with Gasteiger partial charge in [-0.05, 0) is 33.3 Å². The number of carbonyl (C=O) groups excluding carboxylic acids is 2. The van der Waals surface area contributed by atoms with E-state index >= 15 is 0 Å². The summed E-state index contributed by atoms with van der Waals surface area (Å²) in [6.07, 6.45) is 1.21. The Balaban J connectivity index is 2.32. The SMILES string of the molecule is CCOC(=O)c1c(NC(=O)c2ocnc2C)sc(C)c1C. The van der Waals surface area contributed by atoms with Crippen molar-refractivity contribution in [2.75, 3.05) is 11.9 Å². The van der Waals surface area contributed by atoms with Crippen molar-refractivity contribution in [3.8, 4) is 0 Å². The first kappa shape index (κ1) is 15.2. The predicted octanol–water partition coefficient (Wildman–Crippen LogP) is 3.09. The van der Waals surface area contributed by atoms with Gasteiger partial charge in [0.05, 0.1) is 17.9 Å². The second kappa shape index (κ2) is 6.09. The number of rotatable bonds is 4. The van der Waals surface area contributed by atoms with Crippen molar-refractivity contribution in [1.29, 1.82) is 0 Å². The average Bonchev–Trinajstić information content (AvgIpc) is 2.95. The van der Waals surface area contributed by atoms with Crippen LogP contribution in [0.4, 0.5) is 5.00 Å². The number of aryl methyl sites for hydroxylation is 2. The molecule has 0 saturated heterocycles. The van der Waals surface area contributed by atoms with Gasteiger partial charge in [-0.15, -0.1) is 11.3 Å². The lowest BCUT2D eigenvalue weighted by atomic mass is 10.1. The van der Waals surface area contributed by atoms with Crippen molar-refractivity contribution in [3.05, 3.63) is 33.9 Å². The van der Waals surface area contributed by atoms with Crippen LogP contribution in [0.1, 0.15) is 44.0 Å². The molecule has 21 heavy (non-hydrogen) atoms. The zero-order valence-corrected chi connectivity index (χ0v) is 13.1. The number of nitrogens with one attached hydrogen (secondary N) is 1. The van der Waals surface area contributed by atoms with Gasteiger partial charge in [-0.2, -0.15) is 0 Å². The maximum absolute atomic E-state index is 12.2. The van der Waals surface area contributed by atoms with Gasteiger partial charge in [-0.25, -0.2) is 9.78 Å². The first-order valence-electron chi connectivity index (χ1n) is 6.44. The Bertz CT molecular complexity index is 687. The third-order valence-electron chi connectivity index (χ3n) is 3.04. The van der Waals surface area contributed by atoms with Crippen LogP contribution in [-0.4, -0.2) is 23.5 Å². The van der Waals surface area contributed by atoms with Crippen molar-refractivity contribution < 1.29 is 18.7 Å². The number of carbonyl (C=O) groups is 2. The number of aromatic nitrogens is 1. The van der Waals surface area contributed by atoms with Crippen LogP contribution in [0.5, 0.6) is 0 Å². The lowest BCUT2D eigenvalue weighted by molar-refractivity contribution is 0.0527. The van der Waals surface area contributed by atoms with Gasteiger partial charge in [-0.1, -0.05) is 0 Å². The van der Waals surface area contributed by atoms with Crippen LogP contribution in [0.15, 0.2) is 10.8 Å². The van der Waals surface area contributed by atoms with Crippen LogP contribution in [-0.2, 0) is 4.74 Å². The molecule has 0 aliphatic carbocycles. The minimum atomic E-state index is -0.441. The van der Waals surface area contributed by atoms with Gasteiger partial charge in [0.2, 0.25) is 5.76 Å². The maximum atomic E-state index is 12.2. The number of esters is 1. The first-order valence-corrected chi connectivity index (χ1v) is 7.25. The Labute approximate surface area is 126 Å². The van der Waals surface area contributed by atoms with E-state index in [2.05, 4.69) is 10.3 Å². The number of anilines is 1.